The molecular weight excluding hydrogens is 591 g/mol. The molecule has 0 aliphatic heterocycles. The lowest BCUT2D eigenvalue weighted by Gasteiger charge is -2.27. The molecule has 0 bridgehead atoms. The van der Waals surface area contributed by atoms with Crippen LogP contribution >= 0.6 is 0 Å². The predicted octanol–water partition coefficient (Wildman–Crippen LogP) is 6.56. The number of anilines is 1. The van der Waals surface area contributed by atoms with Gasteiger partial charge in [0, 0.05) is 25.0 Å². The van der Waals surface area contributed by atoms with Gasteiger partial charge in [0.15, 0.2) is 0 Å². The second kappa shape index (κ2) is 15.9. The minimum Gasteiger partial charge on any atom is -0.466 e. The molecule has 46 heavy (non-hydrogen) atoms. The highest BCUT2D eigenvalue weighted by Crippen LogP contribution is 2.32. The van der Waals surface area contributed by atoms with Gasteiger partial charge in [0.2, 0.25) is 0 Å². The van der Waals surface area contributed by atoms with Crippen LogP contribution in [0, 0.1) is 5.82 Å². The number of nitrogens with zero attached hydrogens (tertiary/aromatic N) is 3. The topological polar surface area (TPSA) is 112 Å². The third kappa shape index (κ3) is 7.97. The number of benzene rings is 2. The fourth-order valence-corrected chi connectivity index (χ4v) is 6.65. The van der Waals surface area contributed by atoms with E-state index in [0.717, 1.165) is 73.0 Å². The number of hydrogen-bond donors (Lipinski definition) is 1. The monoisotopic (exact) mass is 636 g/mol. The zero-order valence-electron chi connectivity index (χ0n) is 26.7. The molecule has 2 saturated carbocycles. The maximum Gasteiger partial charge on any atom is 0.429 e. The third-order valence-electron chi connectivity index (χ3n) is 9.02. The van der Waals surface area contributed by atoms with Gasteiger partial charge in [-0.15, -0.1) is 0 Å². The van der Waals surface area contributed by atoms with Gasteiger partial charge in [-0.3, -0.25) is 14.2 Å². The fraction of sp³-hybridized carbons (Fsp3) is 0.543. The van der Waals surface area contributed by atoms with Crippen molar-refractivity contribution in [1.29, 1.82) is 0 Å². The number of carbonyl (C=O) groups excluding carboxylic acids is 2. The Morgan fingerprint density at radius 2 is 1.65 bits per heavy atom. The van der Waals surface area contributed by atoms with E-state index in [1.807, 2.05) is 30.3 Å². The van der Waals surface area contributed by atoms with E-state index in [-0.39, 0.29) is 48.7 Å². The van der Waals surface area contributed by atoms with Crippen molar-refractivity contribution in [2.45, 2.75) is 109 Å². The Morgan fingerprint density at radius 1 is 0.935 bits per heavy atom. The van der Waals surface area contributed by atoms with Gasteiger partial charge in [0.1, 0.15) is 12.4 Å². The number of aromatic nitrogens is 2. The number of halogens is 1. The largest absolute Gasteiger partial charge is 0.466 e. The summed E-state index contributed by atoms with van der Waals surface area (Å²) >= 11 is 0. The van der Waals surface area contributed by atoms with Gasteiger partial charge in [0.25, 0.3) is 5.56 Å². The van der Waals surface area contributed by atoms with Crippen molar-refractivity contribution in [3.63, 3.8) is 0 Å². The van der Waals surface area contributed by atoms with Crippen LogP contribution in [0.3, 0.4) is 0 Å². The minimum atomic E-state index is -0.859. The first-order chi connectivity index (χ1) is 22.4. The Labute approximate surface area is 268 Å². The van der Waals surface area contributed by atoms with Gasteiger partial charge in [0.05, 0.1) is 23.2 Å². The average molecular weight is 637 g/mol. The highest BCUT2D eigenvalue weighted by molar-refractivity contribution is 5.84. The van der Waals surface area contributed by atoms with E-state index in [9.17, 15) is 19.2 Å². The second-order valence-electron chi connectivity index (χ2n) is 12.3. The summed E-state index contributed by atoms with van der Waals surface area (Å²) in [6.45, 7) is 1.99. The highest BCUT2D eigenvalue weighted by atomic mass is 19.1. The Kier molecular flexibility index (Phi) is 11.5. The summed E-state index contributed by atoms with van der Waals surface area (Å²) in [6, 6.07) is 11.8. The lowest BCUT2D eigenvalue weighted by Crippen LogP contribution is -2.56. The molecule has 1 heterocycles. The van der Waals surface area contributed by atoms with E-state index in [1.54, 1.807) is 17.6 Å². The molecule has 1 aromatic heterocycles. The van der Waals surface area contributed by atoms with E-state index in [0.29, 0.717) is 31.4 Å². The van der Waals surface area contributed by atoms with E-state index in [4.69, 9.17) is 9.47 Å². The van der Waals surface area contributed by atoms with Crippen LogP contribution in [0.1, 0.15) is 102 Å². The van der Waals surface area contributed by atoms with E-state index < -0.39 is 23.2 Å². The quantitative estimate of drug-likeness (QED) is 0.167. The minimum absolute atomic E-state index is 0.00836. The number of fused-ring (bicyclic) bond motifs is 1. The summed E-state index contributed by atoms with van der Waals surface area (Å²) in [7, 11) is 0. The molecule has 248 valence electrons. The zero-order valence-corrected chi connectivity index (χ0v) is 26.7. The molecule has 1 amide bonds. The molecule has 2 aromatic carbocycles. The summed E-state index contributed by atoms with van der Waals surface area (Å²) in [5.74, 6) is -0.873. The molecule has 11 heteroatoms. The van der Waals surface area contributed by atoms with E-state index in [2.05, 4.69) is 5.32 Å². The predicted molar refractivity (Wildman–Crippen MR) is 175 cm³/mol. The number of esters is 1. The number of hydrogen-bond acceptors (Lipinski definition) is 7. The first-order valence-corrected chi connectivity index (χ1v) is 16.8. The molecule has 3 aromatic rings. The van der Waals surface area contributed by atoms with Crippen LogP contribution in [0.5, 0.6) is 0 Å². The average Bonchev–Trinajstić information content (AvgIpc) is 3.59. The maximum absolute atomic E-state index is 15.6. The van der Waals surface area contributed by atoms with Crippen molar-refractivity contribution in [3.8, 4) is 0 Å². The highest BCUT2D eigenvalue weighted by Gasteiger charge is 2.29. The molecular formula is C35H45FN4O6. The Hall–Kier alpha value is -4.15. The van der Waals surface area contributed by atoms with Crippen LogP contribution in [0.25, 0.3) is 10.9 Å². The van der Waals surface area contributed by atoms with Crippen molar-refractivity contribution in [2.75, 3.05) is 23.5 Å². The molecule has 1 N–H and O–H groups in total. The lowest BCUT2D eigenvalue weighted by molar-refractivity contribution is -0.143. The van der Waals surface area contributed by atoms with Crippen LogP contribution in [0.2, 0.25) is 0 Å². The number of rotatable bonds is 13. The van der Waals surface area contributed by atoms with Crippen LogP contribution in [0.4, 0.5) is 14.9 Å². The molecule has 10 nitrogen and oxygen atoms in total. The molecule has 2 fully saturated rings. The van der Waals surface area contributed by atoms with Crippen LogP contribution in [-0.4, -0.2) is 40.5 Å². The number of ether oxygens (including phenoxy) is 2. The lowest BCUT2D eigenvalue weighted by atomic mass is 9.95. The van der Waals surface area contributed by atoms with Gasteiger partial charge in [-0.1, -0.05) is 68.9 Å². The standard InChI is InChI=1S/C35H45FN4O6/c1-2-45-32(41)20-10-5-13-21-38(35(44)46-24-25-14-6-3-7-15-25)40-33(42)28-22-29(36)30(37-26-16-8-4-9-17-26)23-31(28)39(34(40)43)27-18-11-12-19-27/h3,6-7,14-15,22-23,26-27,37H,2,4-5,8-13,16-21,24H2,1H3. The van der Waals surface area contributed by atoms with Gasteiger partial charge in [-0.05, 0) is 63.1 Å². The summed E-state index contributed by atoms with van der Waals surface area (Å²) in [4.78, 5) is 53.9. The smallest absolute Gasteiger partial charge is 0.429 e. The SMILES string of the molecule is CCOC(=O)CCCCCN(C(=O)OCc1ccccc1)n1c(=O)c2cc(F)c(NC3CCCCC3)cc2n(C2CCCC2)c1=O. The normalized spacial score (nSPS) is 15.6. The van der Waals surface area contributed by atoms with Crippen molar-refractivity contribution in [2.24, 2.45) is 0 Å². The number of carbonyl (C=O) groups is 2. The molecule has 0 saturated heterocycles. The molecule has 0 spiro atoms. The van der Waals surface area contributed by atoms with Crippen molar-refractivity contribution < 1.29 is 23.5 Å². The summed E-state index contributed by atoms with van der Waals surface area (Å²) in [5, 5.41) is 4.39. The van der Waals surface area contributed by atoms with Crippen LogP contribution in [-0.2, 0) is 20.9 Å². The molecule has 2 aliphatic carbocycles. The summed E-state index contributed by atoms with van der Waals surface area (Å²) < 4.78 is 28.6. The molecule has 0 atom stereocenters. The molecule has 0 radical (unpaired) electrons. The Balaban J connectivity index is 1.52. The van der Waals surface area contributed by atoms with Gasteiger partial charge in [-0.2, -0.15) is 4.68 Å². The van der Waals surface area contributed by atoms with Gasteiger partial charge in [-0.25, -0.2) is 19.0 Å². The summed E-state index contributed by atoms with van der Waals surface area (Å²) in [6.07, 6.45) is 9.35. The van der Waals surface area contributed by atoms with Gasteiger partial charge < -0.3 is 14.8 Å². The maximum atomic E-state index is 15.6. The first-order valence-electron chi connectivity index (χ1n) is 16.8. The van der Waals surface area contributed by atoms with Crippen molar-refractivity contribution >= 4 is 28.7 Å². The zero-order chi connectivity index (χ0) is 32.5. The van der Waals surface area contributed by atoms with Crippen molar-refractivity contribution in [3.05, 3.63) is 74.7 Å². The van der Waals surface area contributed by atoms with Crippen LogP contribution < -0.4 is 21.6 Å². The Bertz CT molecular complexity index is 1610. The van der Waals surface area contributed by atoms with Gasteiger partial charge >= 0.3 is 17.8 Å². The third-order valence-corrected chi connectivity index (χ3v) is 9.02. The fourth-order valence-electron chi connectivity index (χ4n) is 6.65. The summed E-state index contributed by atoms with van der Waals surface area (Å²) in [5.41, 5.74) is -0.0313. The molecule has 5 rings (SSSR count). The van der Waals surface area contributed by atoms with E-state index >= 15 is 4.39 Å². The van der Waals surface area contributed by atoms with E-state index in [1.165, 1.54) is 6.07 Å². The Morgan fingerprint density at radius 3 is 2.37 bits per heavy atom. The van der Waals surface area contributed by atoms with Crippen LogP contribution in [0.15, 0.2) is 52.1 Å². The molecule has 0 unspecified atom stereocenters. The molecule has 2 aliphatic rings. The first kappa shape index (κ1) is 33.2. The number of nitrogens with one attached hydrogen (secondary N) is 1. The number of amides is 1. The van der Waals surface area contributed by atoms with Crippen molar-refractivity contribution in [1.82, 2.24) is 9.24 Å². The number of unbranched alkanes of at least 4 members (excludes halogenated alkanes) is 2. The second-order valence-corrected chi connectivity index (χ2v) is 12.3.